The van der Waals surface area contributed by atoms with Crippen molar-refractivity contribution in [3.05, 3.63) is 23.8 Å². The number of rotatable bonds is 9. The Bertz CT molecular complexity index is 451. The lowest BCUT2D eigenvalue weighted by Crippen LogP contribution is -2.37. The number of hydrogen-bond acceptors (Lipinski definition) is 5. The standard InChI is InChI=1S/C15H24N2O4/c1-11(15(18)17-7-4-8-19-2)21-14-6-5-13(20-3)9-12(14)10-16/h5-6,9,11H,4,7-8,10,16H2,1-3H3,(H,17,18). The van der Waals surface area contributed by atoms with Gasteiger partial charge in [0.1, 0.15) is 11.5 Å². The van der Waals surface area contributed by atoms with Crippen LogP contribution in [0.2, 0.25) is 0 Å². The van der Waals surface area contributed by atoms with Gasteiger partial charge in [0.25, 0.3) is 5.91 Å². The highest BCUT2D eigenvalue weighted by Crippen LogP contribution is 2.24. The number of nitrogens with two attached hydrogens (primary N) is 1. The SMILES string of the molecule is COCCCNC(=O)C(C)Oc1ccc(OC)cc1CN. The summed E-state index contributed by atoms with van der Waals surface area (Å²) in [6.45, 7) is 3.20. The van der Waals surface area contributed by atoms with Crippen LogP contribution in [0.15, 0.2) is 18.2 Å². The molecule has 0 heterocycles. The maximum absolute atomic E-state index is 11.9. The molecule has 0 aliphatic rings. The Balaban J connectivity index is 2.57. The minimum Gasteiger partial charge on any atom is -0.497 e. The highest BCUT2D eigenvalue weighted by Gasteiger charge is 2.16. The molecule has 0 spiro atoms. The molecule has 0 aromatic heterocycles. The molecule has 6 nitrogen and oxygen atoms in total. The topological polar surface area (TPSA) is 82.8 Å². The molecule has 1 atom stereocenters. The van der Waals surface area contributed by atoms with Gasteiger partial charge in [-0.05, 0) is 31.5 Å². The molecule has 21 heavy (non-hydrogen) atoms. The first-order valence-electron chi connectivity index (χ1n) is 6.92. The summed E-state index contributed by atoms with van der Waals surface area (Å²) in [7, 11) is 3.22. The second-order valence-electron chi connectivity index (χ2n) is 4.58. The molecule has 3 N–H and O–H groups in total. The van der Waals surface area contributed by atoms with E-state index in [9.17, 15) is 4.79 Å². The van der Waals surface area contributed by atoms with Crippen LogP contribution in [0.25, 0.3) is 0 Å². The van der Waals surface area contributed by atoms with Crippen LogP contribution < -0.4 is 20.5 Å². The Morgan fingerprint density at radius 2 is 2.14 bits per heavy atom. The first-order chi connectivity index (χ1) is 10.1. The van der Waals surface area contributed by atoms with Gasteiger partial charge in [-0.2, -0.15) is 0 Å². The highest BCUT2D eigenvalue weighted by atomic mass is 16.5. The molecule has 0 aliphatic heterocycles. The summed E-state index contributed by atoms with van der Waals surface area (Å²) >= 11 is 0. The van der Waals surface area contributed by atoms with E-state index < -0.39 is 6.10 Å². The van der Waals surface area contributed by atoms with Crippen LogP contribution in [0.3, 0.4) is 0 Å². The summed E-state index contributed by atoms with van der Waals surface area (Å²) < 4.78 is 15.7. The van der Waals surface area contributed by atoms with E-state index in [2.05, 4.69) is 5.32 Å². The van der Waals surface area contributed by atoms with Gasteiger partial charge in [0.15, 0.2) is 6.10 Å². The van der Waals surface area contributed by atoms with Gasteiger partial charge in [0.2, 0.25) is 0 Å². The lowest BCUT2D eigenvalue weighted by atomic mass is 10.2. The van der Waals surface area contributed by atoms with Crippen LogP contribution >= 0.6 is 0 Å². The lowest BCUT2D eigenvalue weighted by Gasteiger charge is -2.17. The highest BCUT2D eigenvalue weighted by molar-refractivity contribution is 5.80. The van der Waals surface area contributed by atoms with Crippen molar-refractivity contribution in [2.45, 2.75) is 26.0 Å². The van der Waals surface area contributed by atoms with Gasteiger partial charge < -0.3 is 25.3 Å². The molecule has 1 unspecified atom stereocenters. The van der Waals surface area contributed by atoms with Crippen LogP contribution in [0, 0.1) is 0 Å². The molecular formula is C15H24N2O4. The van der Waals surface area contributed by atoms with Gasteiger partial charge in [-0.3, -0.25) is 4.79 Å². The molecule has 1 aromatic rings. The first-order valence-corrected chi connectivity index (χ1v) is 6.92. The van der Waals surface area contributed by atoms with Crippen molar-refractivity contribution < 1.29 is 19.0 Å². The minimum atomic E-state index is -0.591. The fraction of sp³-hybridized carbons (Fsp3) is 0.533. The number of hydrogen-bond donors (Lipinski definition) is 2. The maximum Gasteiger partial charge on any atom is 0.260 e. The molecular weight excluding hydrogens is 272 g/mol. The molecule has 0 fully saturated rings. The zero-order valence-corrected chi connectivity index (χ0v) is 12.8. The predicted octanol–water partition coefficient (Wildman–Crippen LogP) is 1.07. The number of nitrogens with one attached hydrogen (secondary N) is 1. The second kappa shape index (κ2) is 9.20. The van der Waals surface area contributed by atoms with E-state index >= 15 is 0 Å². The van der Waals surface area contributed by atoms with Crippen molar-refractivity contribution in [1.29, 1.82) is 0 Å². The van der Waals surface area contributed by atoms with Gasteiger partial charge in [-0.15, -0.1) is 0 Å². The lowest BCUT2D eigenvalue weighted by molar-refractivity contribution is -0.127. The van der Waals surface area contributed by atoms with E-state index in [1.807, 2.05) is 0 Å². The summed E-state index contributed by atoms with van der Waals surface area (Å²) in [6.07, 6.45) is 0.178. The van der Waals surface area contributed by atoms with Crippen LogP contribution in [-0.4, -0.2) is 39.4 Å². The summed E-state index contributed by atoms with van der Waals surface area (Å²) in [5, 5.41) is 2.80. The molecule has 0 saturated heterocycles. The van der Waals surface area contributed by atoms with Crippen molar-refractivity contribution in [3.8, 4) is 11.5 Å². The van der Waals surface area contributed by atoms with E-state index in [-0.39, 0.29) is 5.91 Å². The average Bonchev–Trinajstić information content (AvgIpc) is 2.51. The quantitative estimate of drug-likeness (QED) is 0.666. The molecule has 1 rings (SSSR count). The zero-order chi connectivity index (χ0) is 15.7. The number of amides is 1. The predicted molar refractivity (Wildman–Crippen MR) is 80.5 cm³/mol. The smallest absolute Gasteiger partial charge is 0.260 e. The summed E-state index contributed by atoms with van der Waals surface area (Å²) in [6, 6.07) is 5.34. The van der Waals surface area contributed by atoms with E-state index in [0.717, 1.165) is 12.0 Å². The average molecular weight is 296 g/mol. The zero-order valence-electron chi connectivity index (χ0n) is 12.8. The Kier molecular flexibility index (Phi) is 7.56. The van der Waals surface area contributed by atoms with Crippen molar-refractivity contribution in [2.24, 2.45) is 5.73 Å². The van der Waals surface area contributed by atoms with Gasteiger partial charge in [-0.25, -0.2) is 0 Å². The van der Waals surface area contributed by atoms with Crippen LogP contribution in [-0.2, 0) is 16.1 Å². The van der Waals surface area contributed by atoms with Crippen molar-refractivity contribution >= 4 is 5.91 Å². The summed E-state index contributed by atoms with van der Waals surface area (Å²) in [5.41, 5.74) is 6.49. The van der Waals surface area contributed by atoms with Crippen molar-refractivity contribution in [3.63, 3.8) is 0 Å². The number of methoxy groups -OCH3 is 2. The molecule has 0 radical (unpaired) electrons. The summed E-state index contributed by atoms with van der Waals surface area (Å²) in [4.78, 5) is 11.9. The van der Waals surface area contributed by atoms with E-state index in [1.54, 1.807) is 39.3 Å². The van der Waals surface area contributed by atoms with Gasteiger partial charge in [0.05, 0.1) is 7.11 Å². The number of benzene rings is 1. The molecule has 6 heteroatoms. The third-order valence-corrected chi connectivity index (χ3v) is 2.99. The van der Waals surface area contributed by atoms with E-state index in [0.29, 0.717) is 31.2 Å². The van der Waals surface area contributed by atoms with Crippen molar-refractivity contribution in [1.82, 2.24) is 5.32 Å². The fourth-order valence-electron chi connectivity index (χ4n) is 1.77. The fourth-order valence-corrected chi connectivity index (χ4v) is 1.77. The van der Waals surface area contributed by atoms with E-state index in [1.165, 1.54) is 0 Å². The number of carbonyl (C=O) groups excluding carboxylic acids is 1. The first kappa shape index (κ1) is 17.3. The molecule has 1 amide bonds. The van der Waals surface area contributed by atoms with Crippen molar-refractivity contribution in [2.75, 3.05) is 27.4 Å². The van der Waals surface area contributed by atoms with Crippen LogP contribution in [0.1, 0.15) is 18.9 Å². The normalized spacial score (nSPS) is 11.8. The molecule has 1 aromatic carbocycles. The Labute approximate surface area is 125 Å². The Morgan fingerprint density at radius 3 is 2.76 bits per heavy atom. The number of carbonyl (C=O) groups is 1. The third-order valence-electron chi connectivity index (χ3n) is 2.99. The molecule has 0 bridgehead atoms. The van der Waals surface area contributed by atoms with Gasteiger partial charge in [-0.1, -0.05) is 0 Å². The van der Waals surface area contributed by atoms with Crippen LogP contribution in [0.5, 0.6) is 11.5 Å². The minimum absolute atomic E-state index is 0.162. The largest absolute Gasteiger partial charge is 0.497 e. The molecule has 0 saturated carbocycles. The van der Waals surface area contributed by atoms with Gasteiger partial charge in [0, 0.05) is 32.4 Å². The van der Waals surface area contributed by atoms with Crippen LogP contribution in [0.4, 0.5) is 0 Å². The third kappa shape index (κ3) is 5.61. The monoisotopic (exact) mass is 296 g/mol. The molecule has 0 aliphatic carbocycles. The van der Waals surface area contributed by atoms with E-state index in [4.69, 9.17) is 19.9 Å². The van der Waals surface area contributed by atoms with Gasteiger partial charge >= 0.3 is 0 Å². The molecule has 118 valence electrons. The Hall–Kier alpha value is -1.79. The number of ether oxygens (including phenoxy) is 3. The summed E-state index contributed by atoms with van der Waals surface area (Å²) in [5.74, 6) is 1.14. The maximum atomic E-state index is 11.9. The second-order valence-corrected chi connectivity index (χ2v) is 4.58. The Morgan fingerprint density at radius 1 is 1.38 bits per heavy atom.